The highest BCUT2D eigenvalue weighted by Crippen LogP contribution is 2.26. The van der Waals surface area contributed by atoms with Crippen LogP contribution in [0, 0.1) is 5.92 Å². The topological polar surface area (TPSA) is 50.7 Å². The van der Waals surface area contributed by atoms with Crippen molar-refractivity contribution in [2.24, 2.45) is 5.92 Å². The van der Waals surface area contributed by atoms with Gasteiger partial charge in [-0.2, -0.15) is 4.37 Å². The third-order valence-corrected chi connectivity index (χ3v) is 5.44. The molecule has 0 N–H and O–H groups in total. The summed E-state index contributed by atoms with van der Waals surface area (Å²) in [6.07, 6.45) is 3.19. The average Bonchev–Trinajstić information content (AvgIpc) is 2.96. The minimum absolute atomic E-state index is 0.361. The molecular weight excluding hydrogens is 312 g/mol. The van der Waals surface area contributed by atoms with E-state index in [2.05, 4.69) is 33.0 Å². The SMILES string of the molecule is COCc1nsc(N2CCC(CN3CC(C)OC(C)C3)CC2)n1. The Balaban J connectivity index is 1.46. The van der Waals surface area contributed by atoms with Gasteiger partial charge in [0.2, 0.25) is 5.13 Å². The minimum atomic E-state index is 0.361. The molecule has 2 unspecified atom stereocenters. The fourth-order valence-electron chi connectivity index (χ4n) is 3.67. The number of methoxy groups -OCH3 is 1. The molecule has 2 fully saturated rings. The smallest absolute Gasteiger partial charge is 0.205 e. The van der Waals surface area contributed by atoms with E-state index in [1.807, 2.05) is 0 Å². The summed E-state index contributed by atoms with van der Waals surface area (Å²) in [6.45, 7) is 10.4. The number of anilines is 1. The van der Waals surface area contributed by atoms with E-state index >= 15 is 0 Å². The molecule has 130 valence electrons. The van der Waals surface area contributed by atoms with Crippen LogP contribution in [0.25, 0.3) is 0 Å². The molecule has 0 radical (unpaired) electrons. The molecule has 7 heteroatoms. The van der Waals surface area contributed by atoms with Crippen LogP contribution in [0.2, 0.25) is 0 Å². The number of hydrogen-bond donors (Lipinski definition) is 0. The molecule has 23 heavy (non-hydrogen) atoms. The molecule has 2 atom stereocenters. The summed E-state index contributed by atoms with van der Waals surface area (Å²) in [5.74, 6) is 1.58. The standard InChI is InChI=1S/C16H28N4O2S/c1-12-8-19(9-13(2)22-12)10-14-4-6-20(7-5-14)16-17-15(11-21-3)18-23-16/h12-14H,4-11H2,1-3H3. The molecule has 3 rings (SSSR count). The van der Waals surface area contributed by atoms with Gasteiger partial charge in [-0.3, -0.25) is 4.90 Å². The van der Waals surface area contributed by atoms with E-state index in [1.165, 1.54) is 30.9 Å². The van der Waals surface area contributed by atoms with Gasteiger partial charge in [0, 0.05) is 51.4 Å². The van der Waals surface area contributed by atoms with Crippen molar-refractivity contribution >= 4 is 16.7 Å². The van der Waals surface area contributed by atoms with Crippen molar-refractivity contribution in [2.75, 3.05) is 44.7 Å². The molecule has 2 aliphatic heterocycles. The molecule has 1 aromatic heterocycles. The predicted molar refractivity (Wildman–Crippen MR) is 92.0 cm³/mol. The summed E-state index contributed by atoms with van der Waals surface area (Å²) in [4.78, 5) is 9.52. The number of rotatable bonds is 5. The molecule has 2 aliphatic rings. The normalized spacial score (nSPS) is 27.5. The van der Waals surface area contributed by atoms with Gasteiger partial charge in [0.05, 0.1) is 12.2 Å². The molecule has 0 amide bonds. The molecule has 1 aromatic rings. The first kappa shape index (κ1) is 17.1. The van der Waals surface area contributed by atoms with Gasteiger partial charge in [-0.05, 0) is 32.6 Å². The lowest BCUT2D eigenvalue weighted by molar-refractivity contribution is -0.0720. The average molecular weight is 340 g/mol. The Hall–Kier alpha value is -0.760. The lowest BCUT2D eigenvalue weighted by atomic mass is 9.96. The summed E-state index contributed by atoms with van der Waals surface area (Å²) in [5, 5.41) is 1.05. The number of piperidine rings is 1. The number of morpholine rings is 1. The zero-order valence-corrected chi connectivity index (χ0v) is 15.2. The van der Waals surface area contributed by atoms with Crippen LogP contribution in [0.5, 0.6) is 0 Å². The summed E-state index contributed by atoms with van der Waals surface area (Å²) >= 11 is 1.49. The van der Waals surface area contributed by atoms with Crippen LogP contribution in [0.15, 0.2) is 0 Å². The largest absolute Gasteiger partial charge is 0.377 e. The van der Waals surface area contributed by atoms with Crippen molar-refractivity contribution in [2.45, 2.75) is 45.5 Å². The molecule has 0 saturated carbocycles. The van der Waals surface area contributed by atoms with Crippen molar-refractivity contribution in [3.8, 4) is 0 Å². The number of hydrogen-bond acceptors (Lipinski definition) is 7. The van der Waals surface area contributed by atoms with Crippen molar-refractivity contribution in [1.29, 1.82) is 0 Å². The van der Waals surface area contributed by atoms with Crippen LogP contribution >= 0.6 is 11.5 Å². The lowest BCUT2D eigenvalue weighted by Gasteiger charge is -2.39. The Morgan fingerprint density at radius 3 is 2.57 bits per heavy atom. The Labute approximate surface area is 142 Å². The second kappa shape index (κ2) is 7.88. The molecule has 0 bridgehead atoms. The second-order valence-corrected chi connectivity index (χ2v) is 7.56. The van der Waals surface area contributed by atoms with E-state index in [0.29, 0.717) is 18.8 Å². The first-order valence-electron chi connectivity index (χ1n) is 8.58. The molecule has 2 saturated heterocycles. The third-order valence-electron chi connectivity index (χ3n) is 4.63. The van der Waals surface area contributed by atoms with E-state index in [0.717, 1.165) is 43.1 Å². The van der Waals surface area contributed by atoms with Crippen molar-refractivity contribution in [3.63, 3.8) is 0 Å². The van der Waals surface area contributed by atoms with E-state index in [1.54, 1.807) is 7.11 Å². The maximum absolute atomic E-state index is 5.83. The Morgan fingerprint density at radius 1 is 1.22 bits per heavy atom. The minimum Gasteiger partial charge on any atom is -0.377 e. The van der Waals surface area contributed by atoms with Crippen LogP contribution < -0.4 is 4.90 Å². The maximum Gasteiger partial charge on any atom is 0.205 e. The van der Waals surface area contributed by atoms with Gasteiger partial charge in [-0.25, -0.2) is 4.98 Å². The molecule has 0 spiro atoms. The van der Waals surface area contributed by atoms with Gasteiger partial charge in [0.1, 0.15) is 6.61 Å². The monoisotopic (exact) mass is 340 g/mol. The molecule has 0 aliphatic carbocycles. The maximum atomic E-state index is 5.83. The molecule has 3 heterocycles. The quantitative estimate of drug-likeness (QED) is 0.817. The zero-order chi connectivity index (χ0) is 16.2. The molecule has 0 aromatic carbocycles. The Kier molecular flexibility index (Phi) is 5.85. The van der Waals surface area contributed by atoms with Gasteiger partial charge in [-0.15, -0.1) is 0 Å². The fourth-order valence-corrected chi connectivity index (χ4v) is 4.39. The highest BCUT2D eigenvalue weighted by atomic mass is 32.1. The van der Waals surface area contributed by atoms with Crippen LogP contribution in [0.3, 0.4) is 0 Å². The first-order chi connectivity index (χ1) is 11.1. The van der Waals surface area contributed by atoms with E-state index in [9.17, 15) is 0 Å². The Morgan fingerprint density at radius 2 is 1.91 bits per heavy atom. The summed E-state index contributed by atoms with van der Waals surface area (Å²) < 4.78 is 15.3. The van der Waals surface area contributed by atoms with Gasteiger partial charge in [0.25, 0.3) is 0 Å². The molecule has 6 nitrogen and oxygen atoms in total. The van der Waals surface area contributed by atoms with Gasteiger partial charge in [0.15, 0.2) is 5.82 Å². The molecular formula is C16H28N4O2S. The summed E-state index contributed by atoms with van der Waals surface area (Å²) in [7, 11) is 1.68. The summed E-state index contributed by atoms with van der Waals surface area (Å²) in [5.41, 5.74) is 0. The lowest BCUT2D eigenvalue weighted by Crippen LogP contribution is -2.48. The summed E-state index contributed by atoms with van der Waals surface area (Å²) in [6, 6.07) is 0. The van der Waals surface area contributed by atoms with Gasteiger partial charge in [-0.1, -0.05) is 0 Å². The number of ether oxygens (including phenoxy) is 2. The first-order valence-corrected chi connectivity index (χ1v) is 9.35. The van der Waals surface area contributed by atoms with Gasteiger partial charge < -0.3 is 14.4 Å². The third kappa shape index (κ3) is 4.62. The second-order valence-electron chi connectivity index (χ2n) is 6.83. The van der Waals surface area contributed by atoms with E-state index in [4.69, 9.17) is 9.47 Å². The van der Waals surface area contributed by atoms with Crippen LogP contribution in [-0.2, 0) is 16.1 Å². The Bertz CT molecular complexity index is 480. The van der Waals surface area contributed by atoms with E-state index in [-0.39, 0.29) is 0 Å². The zero-order valence-electron chi connectivity index (χ0n) is 14.4. The van der Waals surface area contributed by atoms with Crippen LogP contribution in [0.4, 0.5) is 5.13 Å². The van der Waals surface area contributed by atoms with Crippen molar-refractivity contribution in [1.82, 2.24) is 14.3 Å². The van der Waals surface area contributed by atoms with Crippen molar-refractivity contribution in [3.05, 3.63) is 5.82 Å². The van der Waals surface area contributed by atoms with Crippen LogP contribution in [0.1, 0.15) is 32.5 Å². The number of aromatic nitrogens is 2. The highest BCUT2D eigenvalue weighted by Gasteiger charge is 2.27. The fraction of sp³-hybridized carbons (Fsp3) is 0.875. The van der Waals surface area contributed by atoms with E-state index < -0.39 is 0 Å². The highest BCUT2D eigenvalue weighted by molar-refractivity contribution is 7.09. The predicted octanol–water partition coefficient (Wildman–Crippen LogP) is 2.01. The van der Waals surface area contributed by atoms with Crippen LogP contribution in [-0.4, -0.2) is 66.3 Å². The van der Waals surface area contributed by atoms with Gasteiger partial charge >= 0.3 is 0 Å². The number of nitrogens with zero attached hydrogens (tertiary/aromatic N) is 4. The van der Waals surface area contributed by atoms with Crippen molar-refractivity contribution < 1.29 is 9.47 Å².